The van der Waals surface area contributed by atoms with Crippen LogP contribution in [0.3, 0.4) is 0 Å². The minimum absolute atomic E-state index is 0.0238. The first-order chi connectivity index (χ1) is 11.4. The largest absolute Gasteiger partial charge is 0.326 e. The van der Waals surface area contributed by atoms with Gasteiger partial charge in [-0.15, -0.1) is 0 Å². The zero-order chi connectivity index (χ0) is 17.7. The van der Waals surface area contributed by atoms with Gasteiger partial charge in [-0.05, 0) is 42.0 Å². The maximum atomic E-state index is 12.1. The summed E-state index contributed by atoms with van der Waals surface area (Å²) in [6, 6.07) is 12.7. The molecule has 1 N–H and O–H groups in total. The Bertz CT molecular complexity index is 737. The first-order valence-corrected chi connectivity index (χ1v) is 8.00. The molecular formula is C19H22N2O3. The van der Waals surface area contributed by atoms with Crippen molar-refractivity contribution >= 4 is 17.3 Å². The molecule has 1 amide bonds. The van der Waals surface area contributed by atoms with Gasteiger partial charge in [-0.1, -0.05) is 38.1 Å². The van der Waals surface area contributed by atoms with E-state index in [9.17, 15) is 14.9 Å². The molecule has 0 atom stereocenters. The van der Waals surface area contributed by atoms with Crippen molar-refractivity contribution in [1.29, 1.82) is 0 Å². The van der Waals surface area contributed by atoms with Crippen molar-refractivity contribution in [3.05, 3.63) is 69.3 Å². The number of nitrogens with one attached hydrogen (secondary N) is 1. The number of hydrogen-bond donors (Lipinski definition) is 1. The maximum Gasteiger partial charge on any atom is 0.269 e. The molecule has 0 bridgehead atoms. The molecule has 0 spiro atoms. The van der Waals surface area contributed by atoms with Crippen LogP contribution in [0.4, 0.5) is 11.4 Å². The quantitative estimate of drug-likeness (QED) is 0.623. The number of carbonyl (C=O) groups is 1. The van der Waals surface area contributed by atoms with E-state index in [4.69, 9.17) is 0 Å². The second kappa shape index (κ2) is 7.73. The summed E-state index contributed by atoms with van der Waals surface area (Å²) in [4.78, 5) is 22.4. The molecular weight excluding hydrogens is 304 g/mol. The van der Waals surface area contributed by atoms with E-state index >= 15 is 0 Å². The molecule has 2 rings (SSSR count). The highest BCUT2D eigenvalue weighted by Gasteiger charge is 2.10. The Morgan fingerprint density at radius 2 is 1.83 bits per heavy atom. The fourth-order valence-electron chi connectivity index (χ4n) is 2.44. The van der Waals surface area contributed by atoms with Gasteiger partial charge in [-0.25, -0.2) is 0 Å². The number of aryl methyl sites for hydroxylation is 2. The molecule has 0 saturated heterocycles. The Balaban J connectivity index is 1.92. The van der Waals surface area contributed by atoms with Crippen LogP contribution in [0.1, 0.15) is 42.9 Å². The van der Waals surface area contributed by atoms with Gasteiger partial charge in [0, 0.05) is 24.2 Å². The number of nitrogens with zero attached hydrogens (tertiary/aromatic N) is 1. The van der Waals surface area contributed by atoms with Crippen LogP contribution in [0, 0.1) is 17.0 Å². The molecule has 24 heavy (non-hydrogen) atoms. The summed E-state index contributed by atoms with van der Waals surface area (Å²) in [5.74, 6) is 0.396. The number of benzene rings is 2. The van der Waals surface area contributed by atoms with Gasteiger partial charge in [0.05, 0.1) is 4.92 Å². The second-order valence-electron chi connectivity index (χ2n) is 6.20. The predicted molar refractivity (Wildman–Crippen MR) is 95.3 cm³/mol. The topological polar surface area (TPSA) is 72.2 Å². The van der Waals surface area contributed by atoms with Crippen molar-refractivity contribution in [3.63, 3.8) is 0 Å². The van der Waals surface area contributed by atoms with E-state index in [2.05, 4.69) is 43.4 Å². The van der Waals surface area contributed by atoms with E-state index in [1.807, 2.05) is 0 Å². The summed E-state index contributed by atoms with van der Waals surface area (Å²) in [6.07, 6.45) is 1.04. The maximum absolute atomic E-state index is 12.1. The molecule has 0 aliphatic heterocycles. The number of hydrogen-bond acceptors (Lipinski definition) is 3. The summed E-state index contributed by atoms with van der Waals surface area (Å²) in [5.41, 5.74) is 3.72. The van der Waals surface area contributed by atoms with Crippen LogP contribution >= 0.6 is 0 Å². The number of nitro groups is 1. The lowest BCUT2D eigenvalue weighted by Crippen LogP contribution is -2.13. The first-order valence-electron chi connectivity index (χ1n) is 8.00. The number of anilines is 1. The Labute approximate surface area is 141 Å². The molecule has 0 fully saturated rings. The van der Waals surface area contributed by atoms with Gasteiger partial charge in [0.15, 0.2) is 0 Å². The van der Waals surface area contributed by atoms with Crippen molar-refractivity contribution in [2.24, 2.45) is 0 Å². The molecule has 0 aromatic heterocycles. The lowest BCUT2D eigenvalue weighted by atomic mass is 10.0. The van der Waals surface area contributed by atoms with Gasteiger partial charge >= 0.3 is 0 Å². The molecule has 126 valence electrons. The van der Waals surface area contributed by atoms with Crippen LogP contribution in [0.15, 0.2) is 42.5 Å². The van der Waals surface area contributed by atoms with Gasteiger partial charge in [0.25, 0.3) is 5.69 Å². The van der Waals surface area contributed by atoms with Crippen molar-refractivity contribution < 1.29 is 9.72 Å². The number of non-ortho nitro benzene ring substituents is 1. The Morgan fingerprint density at radius 3 is 2.38 bits per heavy atom. The van der Waals surface area contributed by atoms with Crippen LogP contribution in [0.5, 0.6) is 0 Å². The highest BCUT2D eigenvalue weighted by atomic mass is 16.6. The van der Waals surface area contributed by atoms with E-state index in [1.54, 1.807) is 13.0 Å². The van der Waals surface area contributed by atoms with Gasteiger partial charge in [0.1, 0.15) is 0 Å². The van der Waals surface area contributed by atoms with Gasteiger partial charge in [-0.2, -0.15) is 0 Å². The van der Waals surface area contributed by atoms with Crippen LogP contribution in [0.25, 0.3) is 0 Å². The molecule has 0 radical (unpaired) electrons. The second-order valence-corrected chi connectivity index (χ2v) is 6.20. The monoisotopic (exact) mass is 326 g/mol. The lowest BCUT2D eigenvalue weighted by molar-refractivity contribution is -0.384. The van der Waals surface area contributed by atoms with Crippen molar-refractivity contribution in [3.8, 4) is 0 Å². The average molecular weight is 326 g/mol. The lowest BCUT2D eigenvalue weighted by Gasteiger charge is -2.09. The van der Waals surface area contributed by atoms with Crippen molar-refractivity contribution in [2.75, 3.05) is 5.32 Å². The molecule has 2 aromatic rings. The van der Waals surface area contributed by atoms with Gasteiger partial charge in [0.2, 0.25) is 5.91 Å². The molecule has 0 aliphatic carbocycles. The number of rotatable bonds is 6. The molecule has 0 saturated carbocycles. The van der Waals surface area contributed by atoms with E-state index in [0.29, 0.717) is 30.0 Å². The molecule has 5 nitrogen and oxygen atoms in total. The smallest absolute Gasteiger partial charge is 0.269 e. The van der Waals surface area contributed by atoms with Crippen molar-refractivity contribution in [1.82, 2.24) is 0 Å². The summed E-state index contributed by atoms with van der Waals surface area (Å²) in [7, 11) is 0. The molecule has 2 aromatic carbocycles. The van der Waals surface area contributed by atoms with E-state index in [0.717, 1.165) is 5.56 Å². The summed E-state index contributed by atoms with van der Waals surface area (Å²) in [6.45, 7) is 6.04. The average Bonchev–Trinajstić information content (AvgIpc) is 2.55. The number of amides is 1. The standard InChI is InChI=1S/C19H22N2O3/c1-13(2)16-7-4-15(5-8-16)6-11-19(22)20-18-10-9-17(21(23)24)12-14(18)3/h4-5,7-10,12-13H,6,11H2,1-3H3,(H,20,22). The number of nitro benzene ring substituents is 1. The molecule has 0 heterocycles. The summed E-state index contributed by atoms with van der Waals surface area (Å²) >= 11 is 0. The zero-order valence-electron chi connectivity index (χ0n) is 14.2. The van der Waals surface area contributed by atoms with Crippen LogP contribution < -0.4 is 5.32 Å². The Morgan fingerprint density at radius 1 is 1.17 bits per heavy atom. The Kier molecular flexibility index (Phi) is 5.68. The predicted octanol–water partition coefficient (Wildman–Crippen LogP) is 4.60. The third kappa shape index (κ3) is 4.65. The van der Waals surface area contributed by atoms with Crippen molar-refractivity contribution in [2.45, 2.75) is 39.5 Å². The fourth-order valence-corrected chi connectivity index (χ4v) is 2.44. The number of carbonyl (C=O) groups excluding carboxylic acids is 1. The van der Waals surface area contributed by atoms with E-state index < -0.39 is 4.92 Å². The zero-order valence-corrected chi connectivity index (χ0v) is 14.2. The van der Waals surface area contributed by atoms with E-state index in [1.165, 1.54) is 17.7 Å². The molecule has 5 heteroatoms. The Hall–Kier alpha value is -2.69. The highest BCUT2D eigenvalue weighted by Crippen LogP contribution is 2.21. The molecule has 0 aliphatic rings. The van der Waals surface area contributed by atoms with E-state index in [-0.39, 0.29) is 11.6 Å². The summed E-state index contributed by atoms with van der Waals surface area (Å²) < 4.78 is 0. The van der Waals surface area contributed by atoms with Crippen LogP contribution in [0.2, 0.25) is 0 Å². The minimum atomic E-state index is -0.445. The fraction of sp³-hybridized carbons (Fsp3) is 0.316. The minimum Gasteiger partial charge on any atom is -0.326 e. The normalized spacial score (nSPS) is 10.7. The van der Waals surface area contributed by atoms with Gasteiger partial charge < -0.3 is 5.32 Å². The van der Waals surface area contributed by atoms with Crippen LogP contribution in [-0.2, 0) is 11.2 Å². The SMILES string of the molecule is Cc1cc([N+](=O)[O-])ccc1NC(=O)CCc1ccc(C(C)C)cc1. The third-order valence-electron chi connectivity index (χ3n) is 3.98. The third-order valence-corrected chi connectivity index (χ3v) is 3.98. The van der Waals surface area contributed by atoms with Crippen LogP contribution in [-0.4, -0.2) is 10.8 Å². The first kappa shape index (κ1) is 17.7. The molecule has 0 unspecified atom stereocenters. The summed E-state index contributed by atoms with van der Waals surface area (Å²) in [5, 5.41) is 13.5. The van der Waals surface area contributed by atoms with Gasteiger partial charge in [-0.3, -0.25) is 14.9 Å². The highest BCUT2D eigenvalue weighted by molar-refractivity contribution is 5.91.